The average Bonchev–Trinajstić information content (AvgIpc) is 2.93. The summed E-state index contributed by atoms with van der Waals surface area (Å²) in [5, 5.41) is 9.96. The lowest BCUT2D eigenvalue weighted by Crippen LogP contribution is -2.33. The Morgan fingerprint density at radius 1 is 1.21 bits per heavy atom. The quantitative estimate of drug-likeness (QED) is 0.491. The number of hydrogen-bond donors (Lipinski definition) is 0. The van der Waals surface area contributed by atoms with E-state index in [1.807, 2.05) is 74.5 Å². The molecule has 2 aromatic rings. The Hall–Kier alpha value is -2.22. The van der Waals surface area contributed by atoms with Gasteiger partial charge in [0.05, 0.1) is 0 Å². The van der Waals surface area contributed by atoms with E-state index in [1.165, 1.54) is 0 Å². The average molecular weight is 396 g/mol. The molecule has 0 aliphatic carbocycles. The molecule has 4 unspecified atom stereocenters. The van der Waals surface area contributed by atoms with Crippen LogP contribution in [0, 0.1) is 11.3 Å². The molecule has 0 spiro atoms. The highest BCUT2D eigenvalue weighted by Crippen LogP contribution is 2.64. The van der Waals surface area contributed by atoms with Crippen LogP contribution < -0.4 is 0 Å². The molecule has 1 aliphatic rings. The number of nitrogens with zero attached hydrogens (tertiary/aromatic N) is 2. The van der Waals surface area contributed by atoms with Crippen LogP contribution in [-0.2, 0) is 20.0 Å². The maximum Gasteiger partial charge on any atom is 0.410 e. The lowest BCUT2D eigenvalue weighted by atomic mass is 9.95. The zero-order valence-electron chi connectivity index (χ0n) is 16.4. The standard InChI is InChI=1S/C22H25N2O3P/c1-4-15-22(17-23,16-19-11-7-5-8-12-19)27-28(25)24(3)18(2)21(26-28)20-13-9-6-10-14-20/h4-15,18,21H,16H2,1-3H3. The van der Waals surface area contributed by atoms with Gasteiger partial charge >= 0.3 is 7.75 Å². The summed E-state index contributed by atoms with van der Waals surface area (Å²) in [7, 11) is -1.97. The second-order valence-electron chi connectivity index (χ2n) is 6.97. The lowest BCUT2D eigenvalue weighted by molar-refractivity contribution is 0.116. The molecule has 4 atom stereocenters. The Balaban J connectivity index is 1.91. The van der Waals surface area contributed by atoms with E-state index < -0.39 is 19.5 Å². The molecular weight excluding hydrogens is 371 g/mol. The van der Waals surface area contributed by atoms with Crippen molar-refractivity contribution in [3.05, 3.63) is 83.9 Å². The summed E-state index contributed by atoms with van der Waals surface area (Å²) in [5.41, 5.74) is 0.466. The highest BCUT2D eigenvalue weighted by Gasteiger charge is 2.52. The van der Waals surface area contributed by atoms with Gasteiger partial charge < -0.3 is 0 Å². The molecule has 0 saturated carbocycles. The van der Waals surface area contributed by atoms with Crippen LogP contribution in [0.1, 0.15) is 31.1 Å². The normalized spacial score (nSPS) is 27.5. The number of hydrogen-bond acceptors (Lipinski definition) is 4. The van der Waals surface area contributed by atoms with Crippen molar-refractivity contribution in [1.29, 1.82) is 5.26 Å². The summed E-state index contributed by atoms with van der Waals surface area (Å²) in [5.74, 6) is 0. The number of likely N-dealkylation sites (N-methyl/N-ethyl adjacent to an activating group) is 1. The minimum atomic E-state index is -3.68. The highest BCUT2D eigenvalue weighted by atomic mass is 31.2. The fraction of sp³-hybridized carbons (Fsp3) is 0.318. The van der Waals surface area contributed by atoms with Gasteiger partial charge in [0.1, 0.15) is 12.2 Å². The van der Waals surface area contributed by atoms with Crippen molar-refractivity contribution in [2.75, 3.05) is 7.05 Å². The van der Waals surface area contributed by atoms with Gasteiger partial charge in [0.2, 0.25) is 0 Å². The van der Waals surface area contributed by atoms with Crippen LogP contribution in [0.3, 0.4) is 0 Å². The van der Waals surface area contributed by atoms with E-state index in [9.17, 15) is 9.83 Å². The largest absolute Gasteiger partial charge is 0.410 e. The molecular formula is C22H25N2O3P. The van der Waals surface area contributed by atoms with Gasteiger partial charge in [0, 0.05) is 12.5 Å². The van der Waals surface area contributed by atoms with E-state index in [4.69, 9.17) is 9.05 Å². The zero-order valence-corrected chi connectivity index (χ0v) is 17.3. The molecule has 2 aromatic carbocycles. The van der Waals surface area contributed by atoms with E-state index >= 15 is 0 Å². The van der Waals surface area contributed by atoms with Crippen molar-refractivity contribution < 1.29 is 13.6 Å². The Morgan fingerprint density at radius 3 is 2.39 bits per heavy atom. The van der Waals surface area contributed by atoms with E-state index in [0.29, 0.717) is 0 Å². The summed E-state index contributed by atoms with van der Waals surface area (Å²) >= 11 is 0. The maximum absolute atomic E-state index is 13.7. The third kappa shape index (κ3) is 4.11. The van der Waals surface area contributed by atoms with Gasteiger partial charge in [0.15, 0.2) is 5.60 Å². The fourth-order valence-corrected chi connectivity index (χ4v) is 5.44. The van der Waals surface area contributed by atoms with Crippen LogP contribution in [0.5, 0.6) is 0 Å². The Bertz CT molecular complexity index is 910. The van der Waals surface area contributed by atoms with E-state index in [2.05, 4.69) is 6.07 Å². The topological polar surface area (TPSA) is 62.6 Å². The molecule has 3 rings (SSSR count). The molecule has 1 fully saturated rings. The minimum absolute atomic E-state index is 0.160. The second kappa shape index (κ2) is 8.43. The maximum atomic E-state index is 13.7. The van der Waals surface area contributed by atoms with Crippen molar-refractivity contribution >= 4 is 7.75 Å². The first-order chi connectivity index (χ1) is 13.4. The summed E-state index contributed by atoms with van der Waals surface area (Å²) in [6.07, 6.45) is 3.28. The first-order valence-corrected chi connectivity index (χ1v) is 10.8. The third-order valence-corrected chi connectivity index (χ3v) is 7.19. The Kier molecular flexibility index (Phi) is 6.17. The summed E-state index contributed by atoms with van der Waals surface area (Å²) in [6.45, 7) is 3.76. The highest BCUT2D eigenvalue weighted by molar-refractivity contribution is 7.51. The van der Waals surface area contributed by atoms with Crippen LogP contribution in [0.2, 0.25) is 0 Å². The third-order valence-electron chi connectivity index (χ3n) is 5.00. The van der Waals surface area contributed by atoms with E-state index in [0.717, 1.165) is 11.1 Å². The fourth-order valence-electron chi connectivity index (χ4n) is 3.39. The monoisotopic (exact) mass is 396 g/mol. The second-order valence-corrected chi connectivity index (χ2v) is 8.94. The minimum Gasteiger partial charge on any atom is -0.287 e. The number of allylic oxidation sites excluding steroid dienone is 1. The van der Waals surface area contributed by atoms with E-state index in [1.54, 1.807) is 23.9 Å². The van der Waals surface area contributed by atoms with E-state index in [-0.39, 0.29) is 12.5 Å². The van der Waals surface area contributed by atoms with Crippen LogP contribution >= 0.6 is 7.75 Å². The Labute approximate surface area is 166 Å². The first kappa shape index (κ1) is 20.5. The first-order valence-electron chi connectivity index (χ1n) is 9.29. The van der Waals surface area contributed by atoms with Crippen LogP contribution in [0.4, 0.5) is 0 Å². The molecule has 28 heavy (non-hydrogen) atoms. The lowest BCUT2D eigenvalue weighted by Gasteiger charge is -2.29. The predicted molar refractivity (Wildman–Crippen MR) is 109 cm³/mol. The van der Waals surface area contributed by atoms with Gasteiger partial charge in [-0.2, -0.15) is 5.26 Å². The molecule has 5 nitrogen and oxygen atoms in total. The van der Waals surface area contributed by atoms with Crippen molar-refractivity contribution in [3.8, 4) is 6.07 Å². The summed E-state index contributed by atoms with van der Waals surface area (Å²) in [6, 6.07) is 21.3. The molecule has 0 bridgehead atoms. The number of rotatable bonds is 6. The van der Waals surface area contributed by atoms with Crippen LogP contribution in [0.15, 0.2) is 72.8 Å². The van der Waals surface area contributed by atoms with Gasteiger partial charge in [-0.1, -0.05) is 66.7 Å². The molecule has 146 valence electrons. The zero-order chi connectivity index (χ0) is 20.2. The van der Waals surface area contributed by atoms with Gasteiger partial charge in [-0.3, -0.25) is 9.05 Å². The smallest absolute Gasteiger partial charge is 0.287 e. The molecule has 1 heterocycles. The molecule has 1 saturated heterocycles. The van der Waals surface area contributed by atoms with Crippen LogP contribution in [0.25, 0.3) is 0 Å². The summed E-state index contributed by atoms with van der Waals surface area (Å²) < 4.78 is 27.3. The van der Waals surface area contributed by atoms with Crippen molar-refractivity contribution in [2.45, 2.75) is 38.0 Å². The van der Waals surface area contributed by atoms with Gasteiger partial charge in [-0.25, -0.2) is 9.24 Å². The van der Waals surface area contributed by atoms with Crippen LogP contribution in [-0.4, -0.2) is 23.4 Å². The van der Waals surface area contributed by atoms with Crippen molar-refractivity contribution in [2.24, 2.45) is 0 Å². The summed E-state index contributed by atoms with van der Waals surface area (Å²) in [4.78, 5) is 0. The molecule has 0 N–H and O–H groups in total. The number of nitriles is 1. The molecule has 6 heteroatoms. The molecule has 0 amide bonds. The predicted octanol–water partition coefficient (Wildman–Crippen LogP) is 5.28. The molecule has 0 radical (unpaired) electrons. The van der Waals surface area contributed by atoms with Gasteiger partial charge in [-0.05, 0) is 38.1 Å². The SMILES string of the molecule is CC=CC(C#N)(Cc1ccccc1)OP1(=O)OC(c2ccccc2)C(C)N1C. The van der Waals surface area contributed by atoms with Gasteiger partial charge in [-0.15, -0.1) is 0 Å². The van der Waals surface area contributed by atoms with Gasteiger partial charge in [0.25, 0.3) is 0 Å². The van der Waals surface area contributed by atoms with Crippen molar-refractivity contribution in [1.82, 2.24) is 4.67 Å². The van der Waals surface area contributed by atoms with Crippen molar-refractivity contribution in [3.63, 3.8) is 0 Å². The Morgan fingerprint density at radius 2 is 1.82 bits per heavy atom. The molecule has 1 aliphatic heterocycles. The molecule has 0 aromatic heterocycles. The number of benzene rings is 2.